The molecule has 0 saturated carbocycles. The third-order valence-corrected chi connectivity index (χ3v) is 5.46. The molecule has 0 spiro atoms. The number of urea groups is 1. The molecule has 0 radical (unpaired) electrons. The van der Waals surface area contributed by atoms with Gasteiger partial charge in [-0.2, -0.15) is 0 Å². The smallest absolute Gasteiger partial charge is 0.493 e. The normalized spacial score (nSPS) is 16.4. The minimum atomic E-state index is -4.74. The Morgan fingerprint density at radius 2 is 1.86 bits per heavy atom. The van der Waals surface area contributed by atoms with E-state index in [-0.39, 0.29) is 17.2 Å². The zero-order chi connectivity index (χ0) is 21.0. The molecule has 0 aliphatic carbocycles. The van der Waals surface area contributed by atoms with Crippen LogP contribution in [-0.4, -0.2) is 43.8 Å². The third-order valence-electron chi connectivity index (χ3n) is 4.20. The SMILES string of the molecule is COc1cccc(NC(=O)N2CCS[C@H]2c2ccc(OC(F)(F)F)cc2)c1OC. The van der Waals surface area contributed by atoms with Crippen LogP contribution in [0.15, 0.2) is 42.5 Å². The number of methoxy groups -OCH3 is 2. The molecule has 1 aliphatic rings. The zero-order valence-electron chi connectivity index (χ0n) is 15.7. The first kappa shape index (κ1) is 21.0. The highest BCUT2D eigenvalue weighted by atomic mass is 32.2. The van der Waals surface area contributed by atoms with E-state index in [1.165, 1.54) is 50.2 Å². The van der Waals surface area contributed by atoms with Crippen molar-refractivity contribution in [3.63, 3.8) is 0 Å². The number of anilines is 1. The fourth-order valence-corrected chi connectivity index (χ4v) is 4.22. The first-order chi connectivity index (χ1) is 13.8. The molecule has 0 unspecified atom stereocenters. The highest BCUT2D eigenvalue weighted by Crippen LogP contribution is 2.40. The maximum Gasteiger partial charge on any atom is 0.573 e. The standard InChI is InChI=1S/C19H19F3N2O4S/c1-26-15-5-3-4-14(16(15)27-2)23-18(25)24-10-11-29-17(24)12-6-8-13(9-7-12)28-19(20,21)22/h3-9,17H,10-11H2,1-2H3,(H,23,25)/t17-/m0/s1. The molecule has 0 aromatic heterocycles. The van der Waals surface area contributed by atoms with E-state index in [2.05, 4.69) is 10.1 Å². The first-order valence-electron chi connectivity index (χ1n) is 8.58. The van der Waals surface area contributed by atoms with Gasteiger partial charge in [-0.1, -0.05) is 18.2 Å². The molecule has 2 aromatic rings. The van der Waals surface area contributed by atoms with Crippen molar-refractivity contribution in [1.29, 1.82) is 0 Å². The Morgan fingerprint density at radius 3 is 2.48 bits per heavy atom. The van der Waals surface area contributed by atoms with Crippen LogP contribution in [0.25, 0.3) is 0 Å². The number of ether oxygens (including phenoxy) is 3. The minimum absolute atomic E-state index is 0.304. The number of carbonyl (C=O) groups is 1. The van der Waals surface area contributed by atoms with Gasteiger partial charge >= 0.3 is 12.4 Å². The number of carbonyl (C=O) groups excluding carboxylic acids is 1. The summed E-state index contributed by atoms with van der Waals surface area (Å²) in [5.74, 6) is 1.29. The second-order valence-corrected chi connectivity index (χ2v) is 7.19. The summed E-state index contributed by atoms with van der Waals surface area (Å²) in [5.41, 5.74) is 1.16. The van der Waals surface area contributed by atoms with Gasteiger partial charge in [-0.25, -0.2) is 4.79 Å². The molecule has 10 heteroatoms. The van der Waals surface area contributed by atoms with Crippen LogP contribution in [0.4, 0.5) is 23.7 Å². The molecule has 1 fully saturated rings. The number of thioether (sulfide) groups is 1. The Kier molecular flexibility index (Phi) is 6.31. The van der Waals surface area contributed by atoms with Gasteiger partial charge in [0.2, 0.25) is 0 Å². The monoisotopic (exact) mass is 428 g/mol. The van der Waals surface area contributed by atoms with E-state index in [1.54, 1.807) is 23.1 Å². The molecule has 6 nitrogen and oxygen atoms in total. The average Bonchev–Trinajstić information content (AvgIpc) is 3.17. The fourth-order valence-electron chi connectivity index (χ4n) is 2.96. The predicted molar refractivity (Wildman–Crippen MR) is 104 cm³/mol. The summed E-state index contributed by atoms with van der Waals surface area (Å²) in [6, 6.07) is 10.3. The molecule has 156 valence electrons. The van der Waals surface area contributed by atoms with E-state index in [0.717, 1.165) is 0 Å². The number of nitrogens with one attached hydrogen (secondary N) is 1. The van der Waals surface area contributed by atoms with Crippen molar-refractivity contribution in [1.82, 2.24) is 4.90 Å². The van der Waals surface area contributed by atoms with Crippen LogP contribution < -0.4 is 19.5 Å². The number of halogens is 3. The van der Waals surface area contributed by atoms with Crippen LogP contribution in [0.5, 0.6) is 17.2 Å². The Balaban J connectivity index is 1.75. The quantitative estimate of drug-likeness (QED) is 0.736. The van der Waals surface area contributed by atoms with Gasteiger partial charge in [-0.3, -0.25) is 0 Å². The van der Waals surface area contributed by atoms with E-state index < -0.39 is 6.36 Å². The van der Waals surface area contributed by atoms with Crippen LogP contribution in [0, 0.1) is 0 Å². The van der Waals surface area contributed by atoms with Gasteiger partial charge in [0, 0.05) is 12.3 Å². The number of amides is 2. The molecule has 1 aliphatic heterocycles. The summed E-state index contributed by atoms with van der Waals surface area (Å²) in [5, 5.41) is 2.49. The molecule has 2 amide bonds. The van der Waals surface area contributed by atoms with Gasteiger partial charge in [0.15, 0.2) is 11.5 Å². The molecule has 3 rings (SSSR count). The molecule has 2 aromatic carbocycles. The number of alkyl halides is 3. The molecule has 1 N–H and O–H groups in total. The summed E-state index contributed by atoms with van der Waals surface area (Å²) < 4.78 is 51.4. The van der Waals surface area contributed by atoms with E-state index in [1.807, 2.05) is 0 Å². The fraction of sp³-hybridized carbons (Fsp3) is 0.316. The van der Waals surface area contributed by atoms with E-state index in [9.17, 15) is 18.0 Å². The highest BCUT2D eigenvalue weighted by Gasteiger charge is 2.33. The number of nitrogens with zero attached hydrogens (tertiary/aromatic N) is 1. The lowest BCUT2D eigenvalue weighted by Gasteiger charge is -2.25. The first-order valence-corrected chi connectivity index (χ1v) is 9.63. The number of rotatable bonds is 5. The Labute approximate surface area is 169 Å². The van der Waals surface area contributed by atoms with Crippen LogP contribution >= 0.6 is 11.8 Å². The number of hydrogen-bond acceptors (Lipinski definition) is 5. The second kappa shape index (κ2) is 8.73. The summed E-state index contributed by atoms with van der Waals surface area (Å²) in [7, 11) is 2.98. The van der Waals surface area contributed by atoms with E-state index in [4.69, 9.17) is 9.47 Å². The molecule has 0 bridgehead atoms. The van der Waals surface area contributed by atoms with E-state index in [0.29, 0.717) is 35.0 Å². The average molecular weight is 428 g/mol. The van der Waals surface area contributed by atoms with Crippen LogP contribution in [0.2, 0.25) is 0 Å². The summed E-state index contributed by atoms with van der Waals surface area (Å²) >= 11 is 1.53. The Morgan fingerprint density at radius 1 is 1.14 bits per heavy atom. The van der Waals surface area contributed by atoms with Crippen molar-refractivity contribution in [3.05, 3.63) is 48.0 Å². The van der Waals surface area contributed by atoms with Crippen LogP contribution in [0.1, 0.15) is 10.9 Å². The van der Waals surface area contributed by atoms with Crippen molar-refractivity contribution in [2.75, 3.05) is 31.8 Å². The van der Waals surface area contributed by atoms with Gasteiger partial charge < -0.3 is 24.4 Å². The molecule has 29 heavy (non-hydrogen) atoms. The lowest BCUT2D eigenvalue weighted by atomic mass is 10.2. The second-order valence-electron chi connectivity index (χ2n) is 6.00. The lowest BCUT2D eigenvalue weighted by molar-refractivity contribution is -0.274. The molecule has 1 saturated heterocycles. The van der Waals surface area contributed by atoms with Crippen molar-refractivity contribution in [2.24, 2.45) is 0 Å². The van der Waals surface area contributed by atoms with Gasteiger partial charge in [0.05, 0.1) is 19.9 Å². The van der Waals surface area contributed by atoms with Crippen molar-refractivity contribution >= 4 is 23.5 Å². The predicted octanol–water partition coefficient (Wildman–Crippen LogP) is 4.88. The largest absolute Gasteiger partial charge is 0.573 e. The number of para-hydroxylation sites is 1. The maximum absolute atomic E-state index is 12.9. The molecule has 1 heterocycles. The summed E-state index contributed by atoms with van der Waals surface area (Å²) in [6.07, 6.45) is -4.74. The molecule has 1 atom stereocenters. The third kappa shape index (κ3) is 5.00. The van der Waals surface area contributed by atoms with Gasteiger partial charge in [0.25, 0.3) is 0 Å². The van der Waals surface area contributed by atoms with Gasteiger partial charge in [-0.05, 0) is 29.8 Å². The van der Waals surface area contributed by atoms with Crippen LogP contribution in [-0.2, 0) is 0 Å². The lowest BCUT2D eigenvalue weighted by Crippen LogP contribution is -2.34. The highest BCUT2D eigenvalue weighted by molar-refractivity contribution is 7.99. The number of benzene rings is 2. The van der Waals surface area contributed by atoms with Gasteiger partial charge in [0.1, 0.15) is 11.1 Å². The minimum Gasteiger partial charge on any atom is -0.493 e. The van der Waals surface area contributed by atoms with Crippen molar-refractivity contribution in [3.8, 4) is 17.2 Å². The zero-order valence-corrected chi connectivity index (χ0v) is 16.5. The number of hydrogen-bond donors (Lipinski definition) is 1. The Hall–Kier alpha value is -2.75. The maximum atomic E-state index is 12.9. The van der Waals surface area contributed by atoms with Crippen molar-refractivity contribution in [2.45, 2.75) is 11.7 Å². The van der Waals surface area contributed by atoms with Crippen molar-refractivity contribution < 1.29 is 32.2 Å². The Bertz CT molecular complexity index is 862. The molecular formula is C19H19F3N2O4S. The topological polar surface area (TPSA) is 60.0 Å². The summed E-state index contributed by atoms with van der Waals surface area (Å²) in [4.78, 5) is 14.5. The summed E-state index contributed by atoms with van der Waals surface area (Å²) in [6.45, 7) is 0.494. The van der Waals surface area contributed by atoms with E-state index >= 15 is 0 Å². The van der Waals surface area contributed by atoms with Gasteiger partial charge in [-0.15, -0.1) is 24.9 Å². The molecular weight excluding hydrogens is 409 g/mol. The van der Waals surface area contributed by atoms with Crippen LogP contribution in [0.3, 0.4) is 0 Å².